The number of furan rings is 1. The summed E-state index contributed by atoms with van der Waals surface area (Å²) in [5.74, 6) is 0.561. The van der Waals surface area contributed by atoms with Gasteiger partial charge in [-0.2, -0.15) is 0 Å². The minimum absolute atomic E-state index is 0.0116. The zero-order valence-electron chi connectivity index (χ0n) is 9.47. The van der Waals surface area contributed by atoms with Gasteiger partial charge in [0.1, 0.15) is 6.04 Å². The zero-order chi connectivity index (χ0) is 11.5. The smallest absolute Gasteiger partial charge is 0.249 e. The van der Waals surface area contributed by atoms with Gasteiger partial charge in [0.05, 0.1) is 25.5 Å². The Hall–Kier alpha value is -1.33. The summed E-state index contributed by atoms with van der Waals surface area (Å²) in [6.07, 6.45) is 1.43. The Kier molecular flexibility index (Phi) is 3.26. The SMILES string of the molecule is CNC1C(=O)N(c2ccco2)CCOC1C. The molecule has 1 fully saturated rings. The van der Waals surface area contributed by atoms with E-state index in [4.69, 9.17) is 9.15 Å². The Bertz CT molecular complexity index is 350. The summed E-state index contributed by atoms with van der Waals surface area (Å²) in [7, 11) is 1.76. The van der Waals surface area contributed by atoms with Crippen LogP contribution in [0.1, 0.15) is 6.92 Å². The molecule has 2 unspecified atom stereocenters. The third kappa shape index (κ3) is 1.96. The van der Waals surface area contributed by atoms with Crippen LogP contribution in [0.5, 0.6) is 0 Å². The van der Waals surface area contributed by atoms with Crippen LogP contribution in [0.15, 0.2) is 22.8 Å². The van der Waals surface area contributed by atoms with Gasteiger partial charge in [-0.3, -0.25) is 9.69 Å². The highest BCUT2D eigenvalue weighted by Crippen LogP contribution is 2.19. The number of amides is 1. The fourth-order valence-corrected chi connectivity index (χ4v) is 1.91. The minimum atomic E-state index is -0.326. The third-order valence-electron chi connectivity index (χ3n) is 2.78. The first-order valence-corrected chi connectivity index (χ1v) is 5.38. The molecule has 1 aromatic rings. The molecule has 1 saturated heterocycles. The average Bonchev–Trinajstić information content (AvgIpc) is 2.74. The molecule has 2 heterocycles. The summed E-state index contributed by atoms with van der Waals surface area (Å²) >= 11 is 0. The van der Waals surface area contributed by atoms with Crippen molar-refractivity contribution in [2.45, 2.75) is 19.1 Å². The van der Waals surface area contributed by atoms with Crippen molar-refractivity contribution in [1.82, 2.24) is 5.32 Å². The number of nitrogens with one attached hydrogen (secondary N) is 1. The second-order valence-corrected chi connectivity index (χ2v) is 3.78. The number of rotatable bonds is 2. The van der Waals surface area contributed by atoms with Gasteiger partial charge in [-0.25, -0.2) is 0 Å². The second kappa shape index (κ2) is 4.67. The molecule has 0 saturated carbocycles. The van der Waals surface area contributed by atoms with Crippen molar-refractivity contribution < 1.29 is 13.9 Å². The first kappa shape index (κ1) is 11.2. The minimum Gasteiger partial charge on any atom is -0.448 e. The average molecular weight is 224 g/mol. The molecule has 0 bridgehead atoms. The highest BCUT2D eigenvalue weighted by atomic mass is 16.5. The molecular formula is C11H16N2O3. The molecule has 0 aromatic carbocycles. The number of carbonyl (C=O) groups excluding carboxylic acids is 1. The molecule has 1 aromatic heterocycles. The van der Waals surface area contributed by atoms with Crippen LogP contribution in [0, 0.1) is 0 Å². The van der Waals surface area contributed by atoms with E-state index in [9.17, 15) is 4.79 Å². The summed E-state index contributed by atoms with van der Waals surface area (Å²) < 4.78 is 10.8. The summed E-state index contributed by atoms with van der Waals surface area (Å²) in [5, 5.41) is 2.98. The van der Waals surface area contributed by atoms with Crippen LogP contribution in [0.2, 0.25) is 0 Å². The second-order valence-electron chi connectivity index (χ2n) is 3.78. The predicted molar refractivity (Wildman–Crippen MR) is 59.3 cm³/mol. The molecule has 0 spiro atoms. The van der Waals surface area contributed by atoms with Gasteiger partial charge >= 0.3 is 0 Å². The van der Waals surface area contributed by atoms with Gasteiger partial charge in [-0.15, -0.1) is 0 Å². The Labute approximate surface area is 94.4 Å². The lowest BCUT2D eigenvalue weighted by molar-refractivity contribution is -0.122. The maximum Gasteiger partial charge on any atom is 0.249 e. The fraction of sp³-hybridized carbons (Fsp3) is 0.545. The first-order chi connectivity index (χ1) is 7.74. The van der Waals surface area contributed by atoms with Crippen LogP contribution >= 0.6 is 0 Å². The monoisotopic (exact) mass is 224 g/mol. The van der Waals surface area contributed by atoms with Crippen molar-refractivity contribution in [3.8, 4) is 0 Å². The molecule has 2 rings (SSSR count). The topological polar surface area (TPSA) is 54.7 Å². The molecule has 5 heteroatoms. The van der Waals surface area contributed by atoms with Gasteiger partial charge in [-0.05, 0) is 20.0 Å². The number of carbonyl (C=O) groups is 1. The first-order valence-electron chi connectivity index (χ1n) is 5.38. The van der Waals surface area contributed by atoms with Crippen molar-refractivity contribution in [2.75, 3.05) is 25.1 Å². The molecule has 1 aliphatic heterocycles. The summed E-state index contributed by atoms with van der Waals surface area (Å²) in [5.41, 5.74) is 0. The molecule has 88 valence electrons. The van der Waals surface area contributed by atoms with Gasteiger partial charge in [0, 0.05) is 6.07 Å². The van der Waals surface area contributed by atoms with Crippen molar-refractivity contribution >= 4 is 11.8 Å². The highest BCUT2D eigenvalue weighted by molar-refractivity contribution is 5.96. The molecule has 0 radical (unpaired) electrons. The predicted octanol–water partition coefficient (Wildman–Crippen LogP) is 0.619. The Morgan fingerprint density at radius 2 is 2.38 bits per heavy atom. The maximum absolute atomic E-state index is 12.2. The molecular weight excluding hydrogens is 208 g/mol. The lowest BCUT2D eigenvalue weighted by Gasteiger charge is -2.23. The molecule has 0 aliphatic carbocycles. The third-order valence-corrected chi connectivity index (χ3v) is 2.78. The standard InChI is InChI=1S/C11H16N2O3/c1-8-10(12-2)11(14)13(5-7-15-8)9-4-3-6-16-9/h3-4,6,8,10,12H,5,7H2,1-2H3. The summed E-state index contributed by atoms with van der Waals surface area (Å²) in [4.78, 5) is 13.8. The highest BCUT2D eigenvalue weighted by Gasteiger charge is 2.33. The molecule has 5 nitrogen and oxygen atoms in total. The van der Waals surface area contributed by atoms with Crippen molar-refractivity contribution in [3.05, 3.63) is 18.4 Å². The largest absolute Gasteiger partial charge is 0.448 e. The van der Waals surface area contributed by atoms with E-state index in [2.05, 4.69) is 5.32 Å². The molecule has 1 amide bonds. The van der Waals surface area contributed by atoms with Crippen LogP contribution in [0.3, 0.4) is 0 Å². The normalized spacial score (nSPS) is 26.9. The van der Waals surface area contributed by atoms with Crippen molar-refractivity contribution in [2.24, 2.45) is 0 Å². The van der Waals surface area contributed by atoms with E-state index in [-0.39, 0.29) is 18.1 Å². The summed E-state index contributed by atoms with van der Waals surface area (Å²) in [6.45, 7) is 2.94. The van der Waals surface area contributed by atoms with Crippen LogP contribution in [0.25, 0.3) is 0 Å². The van der Waals surface area contributed by atoms with Gasteiger partial charge in [-0.1, -0.05) is 0 Å². The maximum atomic E-state index is 12.2. The van der Waals surface area contributed by atoms with E-state index in [0.29, 0.717) is 19.0 Å². The number of likely N-dealkylation sites (N-methyl/N-ethyl adjacent to an activating group) is 1. The number of anilines is 1. The van der Waals surface area contributed by atoms with E-state index in [1.807, 2.05) is 6.92 Å². The van der Waals surface area contributed by atoms with E-state index >= 15 is 0 Å². The van der Waals surface area contributed by atoms with E-state index in [0.717, 1.165) is 0 Å². The quantitative estimate of drug-likeness (QED) is 0.800. The zero-order valence-corrected chi connectivity index (χ0v) is 9.47. The molecule has 1 N–H and O–H groups in total. The van der Waals surface area contributed by atoms with Gasteiger partial charge in [0.15, 0.2) is 0 Å². The van der Waals surface area contributed by atoms with E-state index in [1.165, 1.54) is 0 Å². The molecule has 1 aliphatic rings. The van der Waals surface area contributed by atoms with Gasteiger partial charge < -0.3 is 14.5 Å². The lowest BCUT2D eigenvalue weighted by Crippen LogP contribution is -2.49. The Balaban J connectivity index is 2.23. The Morgan fingerprint density at radius 1 is 1.56 bits per heavy atom. The van der Waals surface area contributed by atoms with E-state index < -0.39 is 0 Å². The number of hydrogen-bond donors (Lipinski definition) is 1. The van der Waals surface area contributed by atoms with Crippen LogP contribution in [0.4, 0.5) is 5.88 Å². The van der Waals surface area contributed by atoms with Crippen molar-refractivity contribution in [1.29, 1.82) is 0 Å². The van der Waals surface area contributed by atoms with Gasteiger partial charge in [0.25, 0.3) is 0 Å². The molecule has 16 heavy (non-hydrogen) atoms. The van der Waals surface area contributed by atoms with E-state index in [1.54, 1.807) is 30.3 Å². The number of nitrogens with zero attached hydrogens (tertiary/aromatic N) is 1. The van der Waals surface area contributed by atoms with Crippen LogP contribution in [-0.2, 0) is 9.53 Å². The van der Waals surface area contributed by atoms with Crippen molar-refractivity contribution in [3.63, 3.8) is 0 Å². The number of hydrogen-bond acceptors (Lipinski definition) is 4. The fourth-order valence-electron chi connectivity index (χ4n) is 1.91. The number of ether oxygens (including phenoxy) is 1. The molecule has 2 atom stereocenters. The lowest BCUT2D eigenvalue weighted by atomic mass is 10.1. The summed E-state index contributed by atoms with van der Waals surface area (Å²) in [6, 6.07) is 3.22. The van der Waals surface area contributed by atoms with Crippen LogP contribution < -0.4 is 10.2 Å². The van der Waals surface area contributed by atoms with Gasteiger partial charge in [0.2, 0.25) is 11.8 Å². The van der Waals surface area contributed by atoms with Crippen LogP contribution in [-0.4, -0.2) is 38.3 Å². The Morgan fingerprint density at radius 3 is 3.00 bits per heavy atom.